The molecule has 122 valence electrons. The molecule has 2 aliphatic rings. The van der Waals surface area contributed by atoms with Gasteiger partial charge >= 0.3 is 0 Å². The predicted octanol–water partition coefficient (Wildman–Crippen LogP) is 3.21. The Morgan fingerprint density at radius 1 is 0.957 bits per heavy atom. The molecular weight excluding hydrogens is 290 g/mol. The van der Waals surface area contributed by atoms with Gasteiger partial charge in [0.25, 0.3) is 0 Å². The molecule has 0 aliphatic heterocycles. The average Bonchev–Trinajstić information content (AvgIpc) is 2.70. The van der Waals surface area contributed by atoms with E-state index in [1.807, 2.05) is 52.8 Å². The van der Waals surface area contributed by atoms with E-state index in [0.29, 0.717) is 18.5 Å². The van der Waals surface area contributed by atoms with E-state index in [4.69, 9.17) is 0 Å². The summed E-state index contributed by atoms with van der Waals surface area (Å²) >= 11 is 0. The Morgan fingerprint density at radius 3 is 2.00 bits per heavy atom. The molecule has 0 radical (unpaired) electrons. The number of hydrogen-bond donors (Lipinski definition) is 1. The second kappa shape index (κ2) is 4.53. The van der Waals surface area contributed by atoms with Gasteiger partial charge in [-0.05, 0) is 55.4 Å². The van der Waals surface area contributed by atoms with Crippen molar-refractivity contribution in [3.8, 4) is 0 Å². The van der Waals surface area contributed by atoms with Crippen molar-refractivity contribution in [1.82, 2.24) is 0 Å². The summed E-state index contributed by atoms with van der Waals surface area (Å²) in [6, 6.07) is 5.78. The van der Waals surface area contributed by atoms with Crippen LogP contribution >= 0.6 is 0 Å². The van der Waals surface area contributed by atoms with E-state index < -0.39 is 22.0 Å². The molecule has 4 heteroatoms. The van der Waals surface area contributed by atoms with Crippen molar-refractivity contribution in [1.29, 1.82) is 0 Å². The van der Waals surface area contributed by atoms with Crippen molar-refractivity contribution in [2.24, 2.45) is 16.2 Å². The third-order valence-electron chi connectivity index (χ3n) is 6.41. The van der Waals surface area contributed by atoms with Crippen LogP contribution in [-0.2, 0) is 14.4 Å². The lowest BCUT2D eigenvalue weighted by molar-refractivity contribution is -0.147. The van der Waals surface area contributed by atoms with E-state index in [-0.39, 0.29) is 11.7 Å². The third-order valence-corrected chi connectivity index (χ3v) is 6.41. The predicted molar refractivity (Wildman–Crippen MR) is 88.1 cm³/mol. The van der Waals surface area contributed by atoms with Gasteiger partial charge in [-0.3, -0.25) is 14.4 Å². The number of nitrogens with one attached hydrogen (secondary N) is 1. The molecular formula is C19H23NO3. The van der Waals surface area contributed by atoms with Crippen molar-refractivity contribution >= 4 is 23.2 Å². The van der Waals surface area contributed by atoms with Crippen LogP contribution < -0.4 is 5.32 Å². The van der Waals surface area contributed by atoms with Gasteiger partial charge in [0, 0.05) is 11.1 Å². The highest BCUT2D eigenvalue weighted by atomic mass is 16.2. The number of fused-ring (bicyclic) bond motifs is 2. The molecule has 0 aromatic heterocycles. The van der Waals surface area contributed by atoms with Gasteiger partial charge in [-0.25, -0.2) is 0 Å². The number of rotatable bonds is 2. The zero-order valence-corrected chi connectivity index (χ0v) is 14.4. The van der Waals surface area contributed by atoms with Gasteiger partial charge in [0.2, 0.25) is 17.5 Å². The molecule has 3 rings (SSSR count). The molecule has 0 heterocycles. The first-order chi connectivity index (χ1) is 10.6. The first-order valence-corrected chi connectivity index (χ1v) is 8.05. The summed E-state index contributed by atoms with van der Waals surface area (Å²) in [6.45, 7) is 9.50. The highest BCUT2D eigenvalue weighted by molar-refractivity contribution is 6.49. The summed E-state index contributed by atoms with van der Waals surface area (Å²) in [5.41, 5.74) is 0.125. The number of hydrogen-bond acceptors (Lipinski definition) is 3. The highest BCUT2D eigenvalue weighted by Crippen LogP contribution is 2.69. The Balaban J connectivity index is 2.02. The molecule has 1 aromatic carbocycles. The average molecular weight is 313 g/mol. The second-order valence-electron chi connectivity index (χ2n) is 7.85. The van der Waals surface area contributed by atoms with Crippen LogP contribution in [0.25, 0.3) is 0 Å². The van der Waals surface area contributed by atoms with Gasteiger partial charge in [0.05, 0.1) is 0 Å². The Hall–Kier alpha value is -1.97. The van der Waals surface area contributed by atoms with Gasteiger partial charge in [0.1, 0.15) is 5.41 Å². The number of amides is 1. The molecule has 1 N–H and O–H groups in total. The molecule has 2 atom stereocenters. The fourth-order valence-electron chi connectivity index (χ4n) is 4.56. The SMILES string of the molecule is Cc1cc(C)cc(NC(=O)[C@]23CC[C@@](C)(C(=O)C2=O)C3(C)C)c1. The van der Waals surface area contributed by atoms with E-state index in [2.05, 4.69) is 5.32 Å². The highest BCUT2D eigenvalue weighted by Gasteiger charge is 2.77. The second-order valence-corrected chi connectivity index (χ2v) is 7.85. The summed E-state index contributed by atoms with van der Waals surface area (Å²) in [4.78, 5) is 38.2. The van der Waals surface area contributed by atoms with E-state index in [9.17, 15) is 14.4 Å². The van der Waals surface area contributed by atoms with Crippen LogP contribution in [0.1, 0.15) is 44.7 Å². The van der Waals surface area contributed by atoms with Gasteiger partial charge in [-0.1, -0.05) is 26.8 Å². The van der Waals surface area contributed by atoms with Crippen molar-refractivity contribution in [2.75, 3.05) is 5.32 Å². The molecule has 2 bridgehead atoms. The molecule has 0 saturated heterocycles. The van der Waals surface area contributed by atoms with Crippen LogP contribution in [-0.4, -0.2) is 17.5 Å². The number of Topliss-reactive ketones (excluding diaryl/α,β-unsaturated/α-hetero) is 2. The van der Waals surface area contributed by atoms with Gasteiger partial charge < -0.3 is 5.32 Å². The van der Waals surface area contributed by atoms with Crippen LogP contribution in [0.3, 0.4) is 0 Å². The molecule has 23 heavy (non-hydrogen) atoms. The van der Waals surface area contributed by atoms with Gasteiger partial charge in [0.15, 0.2) is 0 Å². The maximum atomic E-state index is 13.0. The molecule has 2 saturated carbocycles. The zero-order valence-electron chi connectivity index (χ0n) is 14.4. The normalized spacial score (nSPS) is 31.5. The number of ketones is 2. The van der Waals surface area contributed by atoms with Crippen molar-refractivity contribution in [2.45, 2.75) is 47.5 Å². The van der Waals surface area contributed by atoms with Gasteiger partial charge in [-0.15, -0.1) is 0 Å². The minimum absolute atomic E-state index is 0.341. The van der Waals surface area contributed by atoms with Crippen LogP contribution in [0.2, 0.25) is 0 Å². The van der Waals surface area contributed by atoms with Crippen LogP contribution in [0.15, 0.2) is 18.2 Å². The topological polar surface area (TPSA) is 63.2 Å². The lowest BCUT2D eigenvalue weighted by Gasteiger charge is -2.37. The first kappa shape index (κ1) is 15.9. The number of aryl methyl sites for hydroxylation is 2. The maximum absolute atomic E-state index is 13.0. The minimum atomic E-state index is -1.24. The molecule has 0 unspecified atom stereocenters. The summed E-state index contributed by atoms with van der Waals surface area (Å²) < 4.78 is 0. The smallest absolute Gasteiger partial charge is 0.239 e. The number of carbonyl (C=O) groups excluding carboxylic acids is 3. The van der Waals surface area contributed by atoms with E-state index in [1.54, 1.807) is 0 Å². The lowest BCUT2D eigenvalue weighted by atomic mass is 9.64. The summed E-state index contributed by atoms with van der Waals surface area (Å²) in [5, 5.41) is 2.90. The van der Waals surface area contributed by atoms with Gasteiger partial charge in [-0.2, -0.15) is 0 Å². The van der Waals surface area contributed by atoms with Crippen molar-refractivity contribution in [3.05, 3.63) is 29.3 Å². The minimum Gasteiger partial charge on any atom is -0.325 e. The largest absolute Gasteiger partial charge is 0.325 e. The lowest BCUT2D eigenvalue weighted by Crippen LogP contribution is -2.47. The maximum Gasteiger partial charge on any atom is 0.239 e. The number of benzene rings is 1. The number of carbonyl (C=O) groups is 3. The number of anilines is 1. The molecule has 1 amide bonds. The molecule has 4 nitrogen and oxygen atoms in total. The van der Waals surface area contributed by atoms with E-state index >= 15 is 0 Å². The third kappa shape index (κ3) is 1.75. The Labute approximate surface area is 136 Å². The summed E-state index contributed by atoms with van der Waals surface area (Å²) in [7, 11) is 0. The zero-order chi connectivity index (χ0) is 17.2. The van der Waals surface area contributed by atoms with Crippen molar-refractivity contribution in [3.63, 3.8) is 0 Å². The van der Waals surface area contributed by atoms with Crippen LogP contribution in [0.4, 0.5) is 5.69 Å². The quantitative estimate of drug-likeness (QED) is 0.673. The Morgan fingerprint density at radius 2 is 1.52 bits per heavy atom. The monoisotopic (exact) mass is 313 g/mol. The van der Waals surface area contributed by atoms with Crippen molar-refractivity contribution < 1.29 is 14.4 Å². The standard InChI is InChI=1S/C19H23NO3/c1-11-8-12(2)10-13(9-11)20-16(23)19-7-6-18(5,17(19,3)4)14(21)15(19)22/h8-10H,6-7H2,1-5H3,(H,20,23)/t18-,19-/m0/s1. The Bertz CT molecular complexity index is 729. The summed E-state index contributed by atoms with van der Waals surface area (Å²) in [6.07, 6.45) is 1.03. The molecule has 1 aromatic rings. The fourth-order valence-corrected chi connectivity index (χ4v) is 4.56. The molecule has 2 aliphatic carbocycles. The Kier molecular flexibility index (Phi) is 3.13. The fraction of sp³-hybridized carbons (Fsp3) is 0.526. The van der Waals surface area contributed by atoms with Crippen LogP contribution in [0, 0.1) is 30.1 Å². The molecule has 0 spiro atoms. The van der Waals surface area contributed by atoms with E-state index in [1.165, 1.54) is 0 Å². The van der Waals surface area contributed by atoms with Crippen LogP contribution in [0.5, 0.6) is 0 Å². The first-order valence-electron chi connectivity index (χ1n) is 8.05. The van der Waals surface area contributed by atoms with E-state index in [0.717, 1.165) is 11.1 Å². The summed E-state index contributed by atoms with van der Waals surface area (Å²) in [5.74, 6) is -1.24. The molecule has 2 fully saturated rings.